The molecule has 0 aromatic rings. The van der Waals surface area contributed by atoms with Gasteiger partial charge in [0.05, 0.1) is 12.6 Å². The summed E-state index contributed by atoms with van der Waals surface area (Å²) in [5, 5.41) is 18.1. The first kappa shape index (κ1) is 13.0. The normalized spacial score (nSPS) is 13.5. The molecule has 0 saturated heterocycles. The van der Waals surface area contributed by atoms with Gasteiger partial charge < -0.3 is 10.2 Å². The fourth-order valence-electron chi connectivity index (χ4n) is 1.35. The maximum atomic E-state index is 11.0. The van der Waals surface area contributed by atoms with Crippen molar-refractivity contribution >= 4 is 6.09 Å². The van der Waals surface area contributed by atoms with E-state index in [0.29, 0.717) is 5.57 Å². The van der Waals surface area contributed by atoms with Crippen LogP contribution in [0.2, 0.25) is 0 Å². The van der Waals surface area contributed by atoms with Gasteiger partial charge in [0.1, 0.15) is 0 Å². The molecular formula is C10H19NO3. The Balaban J connectivity index is 4.99. The number of aliphatic hydroxyl groups excluding tert-OH is 1. The van der Waals surface area contributed by atoms with Crippen LogP contribution in [0.5, 0.6) is 0 Å². The Kier molecular flexibility index (Phi) is 4.13. The molecule has 82 valence electrons. The number of aliphatic hydroxyl groups is 1. The molecular weight excluding hydrogens is 182 g/mol. The van der Waals surface area contributed by atoms with Crippen LogP contribution in [0.3, 0.4) is 0 Å². The predicted molar refractivity (Wildman–Crippen MR) is 55.3 cm³/mol. The maximum absolute atomic E-state index is 11.0. The largest absolute Gasteiger partial charge is 0.465 e. The quantitative estimate of drug-likeness (QED) is 0.683. The van der Waals surface area contributed by atoms with Crippen LogP contribution in [0, 0.1) is 0 Å². The average Bonchev–Trinajstić information content (AvgIpc) is 1.95. The number of carboxylic acid groups (broad SMARTS) is 1. The van der Waals surface area contributed by atoms with E-state index >= 15 is 0 Å². The van der Waals surface area contributed by atoms with Crippen molar-refractivity contribution in [2.45, 2.75) is 39.3 Å². The number of hydrogen-bond donors (Lipinski definition) is 2. The van der Waals surface area contributed by atoms with Crippen molar-refractivity contribution in [1.82, 2.24) is 4.90 Å². The smallest absolute Gasteiger partial charge is 0.408 e. The van der Waals surface area contributed by atoms with Crippen molar-refractivity contribution in [1.29, 1.82) is 0 Å². The van der Waals surface area contributed by atoms with E-state index in [1.807, 2.05) is 0 Å². The van der Waals surface area contributed by atoms with Crippen molar-refractivity contribution in [2.24, 2.45) is 0 Å². The number of hydrogen-bond acceptors (Lipinski definition) is 2. The Hall–Kier alpha value is -1.03. The Morgan fingerprint density at radius 1 is 1.50 bits per heavy atom. The zero-order valence-corrected chi connectivity index (χ0v) is 9.24. The molecule has 0 aromatic heterocycles. The SMILES string of the molecule is C=C(C)C(CO)N(C(=O)O)C(C)(C)C. The van der Waals surface area contributed by atoms with Crippen LogP contribution in [0.25, 0.3) is 0 Å². The van der Waals surface area contributed by atoms with Gasteiger partial charge in [-0.15, -0.1) is 0 Å². The highest BCUT2D eigenvalue weighted by molar-refractivity contribution is 5.67. The Bertz CT molecular complexity index is 230. The standard InChI is InChI=1S/C10H19NO3/c1-7(2)8(6-12)11(9(13)14)10(3,4)5/h8,12H,1,6H2,2-5H3,(H,13,14). The summed E-state index contributed by atoms with van der Waals surface area (Å²) in [7, 11) is 0. The van der Waals surface area contributed by atoms with Gasteiger partial charge in [0.15, 0.2) is 0 Å². The number of carbonyl (C=O) groups is 1. The fourth-order valence-corrected chi connectivity index (χ4v) is 1.35. The zero-order valence-electron chi connectivity index (χ0n) is 9.24. The van der Waals surface area contributed by atoms with Gasteiger partial charge in [-0.1, -0.05) is 12.2 Å². The third-order valence-corrected chi connectivity index (χ3v) is 1.98. The molecule has 1 unspecified atom stereocenters. The second kappa shape index (κ2) is 4.46. The first-order valence-electron chi connectivity index (χ1n) is 4.50. The lowest BCUT2D eigenvalue weighted by atomic mass is 10.0. The zero-order chi connectivity index (χ0) is 11.5. The maximum Gasteiger partial charge on any atom is 0.408 e. The second-order valence-corrected chi connectivity index (χ2v) is 4.37. The first-order valence-corrected chi connectivity index (χ1v) is 4.50. The lowest BCUT2D eigenvalue weighted by Crippen LogP contribution is -2.52. The molecule has 0 radical (unpaired) electrons. The number of rotatable bonds is 3. The van der Waals surface area contributed by atoms with Gasteiger partial charge in [0.25, 0.3) is 0 Å². The number of amides is 1. The third-order valence-electron chi connectivity index (χ3n) is 1.98. The Labute approximate surface area is 84.8 Å². The van der Waals surface area contributed by atoms with E-state index in [9.17, 15) is 4.79 Å². The van der Waals surface area contributed by atoms with Gasteiger partial charge >= 0.3 is 6.09 Å². The topological polar surface area (TPSA) is 60.8 Å². The monoisotopic (exact) mass is 201 g/mol. The molecule has 2 N–H and O–H groups in total. The van der Waals surface area contributed by atoms with Crippen LogP contribution in [0.1, 0.15) is 27.7 Å². The van der Waals surface area contributed by atoms with Crippen LogP contribution in [0.15, 0.2) is 12.2 Å². The van der Waals surface area contributed by atoms with Crippen LogP contribution < -0.4 is 0 Å². The van der Waals surface area contributed by atoms with Gasteiger partial charge in [-0.05, 0) is 27.7 Å². The molecule has 14 heavy (non-hydrogen) atoms. The molecule has 4 nitrogen and oxygen atoms in total. The van der Waals surface area contributed by atoms with Crippen LogP contribution >= 0.6 is 0 Å². The van der Waals surface area contributed by atoms with Gasteiger partial charge in [-0.25, -0.2) is 4.79 Å². The summed E-state index contributed by atoms with van der Waals surface area (Å²) < 4.78 is 0. The summed E-state index contributed by atoms with van der Waals surface area (Å²) in [4.78, 5) is 12.2. The van der Waals surface area contributed by atoms with Crippen LogP contribution in [-0.4, -0.2) is 39.4 Å². The van der Waals surface area contributed by atoms with Crippen molar-refractivity contribution in [3.05, 3.63) is 12.2 Å². The van der Waals surface area contributed by atoms with Crippen LogP contribution in [-0.2, 0) is 0 Å². The minimum absolute atomic E-state index is 0.237. The fraction of sp³-hybridized carbons (Fsp3) is 0.700. The molecule has 0 rings (SSSR count). The molecule has 0 bridgehead atoms. The lowest BCUT2D eigenvalue weighted by Gasteiger charge is -2.39. The Morgan fingerprint density at radius 3 is 2.00 bits per heavy atom. The van der Waals surface area contributed by atoms with Crippen molar-refractivity contribution in [3.8, 4) is 0 Å². The summed E-state index contributed by atoms with van der Waals surface area (Å²) in [6, 6.07) is -0.535. The summed E-state index contributed by atoms with van der Waals surface area (Å²) in [5.41, 5.74) is 0.0999. The molecule has 0 spiro atoms. The van der Waals surface area contributed by atoms with Gasteiger partial charge in [0.2, 0.25) is 0 Å². The summed E-state index contributed by atoms with van der Waals surface area (Å²) >= 11 is 0. The van der Waals surface area contributed by atoms with E-state index in [-0.39, 0.29) is 6.61 Å². The van der Waals surface area contributed by atoms with Crippen LogP contribution in [0.4, 0.5) is 4.79 Å². The van der Waals surface area contributed by atoms with Crippen molar-refractivity contribution < 1.29 is 15.0 Å². The van der Waals surface area contributed by atoms with E-state index in [0.717, 1.165) is 0 Å². The molecule has 1 atom stereocenters. The molecule has 0 aliphatic carbocycles. The van der Waals surface area contributed by atoms with Gasteiger partial charge in [-0.2, -0.15) is 0 Å². The summed E-state index contributed by atoms with van der Waals surface area (Å²) in [6.07, 6.45) is -1.04. The Morgan fingerprint density at radius 2 is 1.93 bits per heavy atom. The third kappa shape index (κ3) is 3.03. The van der Waals surface area contributed by atoms with E-state index in [1.54, 1.807) is 27.7 Å². The number of nitrogens with zero attached hydrogens (tertiary/aromatic N) is 1. The highest BCUT2D eigenvalue weighted by atomic mass is 16.4. The minimum atomic E-state index is -1.04. The molecule has 0 aliphatic rings. The van der Waals surface area contributed by atoms with Gasteiger partial charge in [0, 0.05) is 5.54 Å². The van der Waals surface area contributed by atoms with E-state index in [1.165, 1.54) is 4.90 Å². The van der Waals surface area contributed by atoms with E-state index in [2.05, 4.69) is 6.58 Å². The highest BCUT2D eigenvalue weighted by Gasteiger charge is 2.33. The molecule has 0 aliphatic heterocycles. The average molecular weight is 201 g/mol. The molecule has 0 aromatic carbocycles. The summed E-state index contributed by atoms with van der Waals surface area (Å²) in [5.74, 6) is 0. The lowest BCUT2D eigenvalue weighted by molar-refractivity contribution is 0.0591. The minimum Gasteiger partial charge on any atom is -0.465 e. The molecule has 4 heteroatoms. The second-order valence-electron chi connectivity index (χ2n) is 4.37. The summed E-state index contributed by atoms with van der Waals surface area (Å²) in [6.45, 7) is 10.5. The van der Waals surface area contributed by atoms with E-state index in [4.69, 9.17) is 10.2 Å². The highest BCUT2D eigenvalue weighted by Crippen LogP contribution is 2.20. The first-order chi connectivity index (χ1) is 6.21. The predicted octanol–water partition coefficient (Wildman–Crippen LogP) is 1.70. The van der Waals surface area contributed by atoms with Gasteiger partial charge in [-0.3, -0.25) is 4.90 Å². The molecule has 1 amide bonds. The van der Waals surface area contributed by atoms with Crippen molar-refractivity contribution in [2.75, 3.05) is 6.61 Å². The van der Waals surface area contributed by atoms with E-state index < -0.39 is 17.7 Å². The molecule has 0 fully saturated rings. The van der Waals surface area contributed by atoms with Crippen molar-refractivity contribution in [3.63, 3.8) is 0 Å². The molecule has 0 heterocycles. The molecule has 0 saturated carbocycles.